The van der Waals surface area contributed by atoms with Gasteiger partial charge >= 0.3 is 0 Å². The lowest BCUT2D eigenvalue weighted by atomic mass is 10.1. The lowest BCUT2D eigenvalue weighted by molar-refractivity contribution is 0.100. The molecule has 106 valence electrons. The monoisotopic (exact) mass is 288 g/mol. The Hall–Kier alpha value is -3.39. The molecule has 22 heavy (non-hydrogen) atoms. The highest BCUT2D eigenvalue weighted by atomic mass is 16.1. The number of hydrogen-bond donors (Lipinski definition) is 2. The molecule has 0 fully saturated rings. The number of hydrogen-bond acceptors (Lipinski definition) is 2. The highest BCUT2D eigenvalue weighted by Gasteiger charge is 2.17. The minimum absolute atomic E-state index is 0.364. The largest absolute Gasteiger partial charge is 0.366 e. The van der Waals surface area contributed by atoms with Crippen molar-refractivity contribution in [1.82, 2.24) is 9.97 Å². The Bertz CT molecular complexity index is 875. The molecule has 0 bridgehead atoms. The molecule has 5 heteroatoms. The molecule has 3 aromatic rings. The van der Waals surface area contributed by atoms with Gasteiger partial charge in [0, 0.05) is 34.9 Å². The second-order valence-electron chi connectivity index (χ2n) is 4.70. The molecule has 1 amide bonds. The normalized spacial score (nSPS) is 10.1. The van der Waals surface area contributed by atoms with Crippen molar-refractivity contribution in [1.29, 1.82) is 0 Å². The van der Waals surface area contributed by atoms with E-state index in [2.05, 4.69) is 14.8 Å². The number of amides is 1. The van der Waals surface area contributed by atoms with Crippen molar-refractivity contribution in [3.63, 3.8) is 0 Å². The fraction of sp³-hybridized carbons (Fsp3) is 0. The van der Waals surface area contributed by atoms with Gasteiger partial charge in [-0.3, -0.25) is 9.78 Å². The number of rotatable bonds is 3. The van der Waals surface area contributed by atoms with Crippen LogP contribution < -0.4 is 5.73 Å². The average molecular weight is 288 g/mol. The first-order valence-corrected chi connectivity index (χ1v) is 6.61. The van der Waals surface area contributed by atoms with E-state index in [1.54, 1.807) is 36.7 Å². The minimum atomic E-state index is -0.536. The van der Waals surface area contributed by atoms with Crippen molar-refractivity contribution in [3.05, 3.63) is 71.8 Å². The van der Waals surface area contributed by atoms with Crippen molar-refractivity contribution in [2.45, 2.75) is 0 Å². The molecule has 0 saturated carbocycles. The van der Waals surface area contributed by atoms with Crippen LogP contribution >= 0.6 is 0 Å². The van der Waals surface area contributed by atoms with Gasteiger partial charge in [-0.05, 0) is 18.2 Å². The van der Waals surface area contributed by atoms with Crippen LogP contribution in [-0.2, 0) is 0 Å². The highest BCUT2D eigenvalue weighted by molar-refractivity contribution is 6.02. The van der Waals surface area contributed by atoms with Crippen LogP contribution in [0.2, 0.25) is 0 Å². The fourth-order valence-corrected chi connectivity index (χ4v) is 2.33. The number of H-pyrrole nitrogens is 1. The van der Waals surface area contributed by atoms with E-state index in [0.717, 1.165) is 11.3 Å². The smallest absolute Gasteiger partial charge is 0.250 e. The number of carbonyl (C=O) groups excluding carboxylic acids is 1. The number of aromatic nitrogens is 2. The lowest BCUT2D eigenvalue weighted by Crippen LogP contribution is -2.11. The van der Waals surface area contributed by atoms with Gasteiger partial charge in [0.15, 0.2) is 5.69 Å². The van der Waals surface area contributed by atoms with E-state index in [1.807, 2.05) is 18.2 Å². The van der Waals surface area contributed by atoms with Crippen molar-refractivity contribution in [3.8, 4) is 22.5 Å². The van der Waals surface area contributed by atoms with Crippen LogP contribution in [0.3, 0.4) is 0 Å². The Kier molecular flexibility index (Phi) is 3.42. The molecule has 0 radical (unpaired) electrons. The van der Waals surface area contributed by atoms with Gasteiger partial charge in [-0.2, -0.15) is 0 Å². The van der Waals surface area contributed by atoms with E-state index < -0.39 is 5.91 Å². The van der Waals surface area contributed by atoms with Gasteiger partial charge < -0.3 is 10.7 Å². The zero-order valence-corrected chi connectivity index (χ0v) is 11.6. The van der Waals surface area contributed by atoms with Gasteiger partial charge in [-0.25, -0.2) is 4.85 Å². The number of nitrogens with one attached hydrogen (secondary N) is 1. The van der Waals surface area contributed by atoms with Crippen LogP contribution in [0.25, 0.3) is 27.4 Å². The Morgan fingerprint density at radius 3 is 2.59 bits per heavy atom. The summed E-state index contributed by atoms with van der Waals surface area (Å²) in [5.41, 5.74) is 9.18. The molecule has 5 nitrogen and oxygen atoms in total. The molecule has 3 rings (SSSR count). The molecule has 0 spiro atoms. The molecule has 2 aromatic heterocycles. The van der Waals surface area contributed by atoms with Crippen LogP contribution in [-0.4, -0.2) is 15.9 Å². The molecule has 0 saturated heterocycles. The molecular weight excluding hydrogens is 276 g/mol. The Morgan fingerprint density at radius 1 is 1.18 bits per heavy atom. The second-order valence-corrected chi connectivity index (χ2v) is 4.70. The van der Waals surface area contributed by atoms with Crippen LogP contribution in [0.15, 0.2) is 54.9 Å². The van der Waals surface area contributed by atoms with Crippen molar-refractivity contribution in [2.24, 2.45) is 5.73 Å². The summed E-state index contributed by atoms with van der Waals surface area (Å²) in [5, 5.41) is 0. The standard InChI is InChI=1S/C17H12N4O/c1-19-14-5-3-2-4-12(14)16-13(17(18)22)10-15(21-16)11-6-8-20-9-7-11/h2-10,21H,(H2,18,22). The molecule has 0 aliphatic heterocycles. The van der Waals surface area contributed by atoms with Crippen LogP contribution in [0, 0.1) is 6.57 Å². The molecule has 0 aliphatic carbocycles. The SMILES string of the molecule is [C-]#[N+]c1ccccc1-c1[nH]c(-c2ccncc2)cc1C(N)=O. The summed E-state index contributed by atoms with van der Waals surface area (Å²) in [7, 11) is 0. The quantitative estimate of drug-likeness (QED) is 0.725. The van der Waals surface area contributed by atoms with Crippen LogP contribution in [0.4, 0.5) is 5.69 Å². The van der Waals surface area contributed by atoms with Crippen LogP contribution in [0.1, 0.15) is 10.4 Å². The number of nitrogens with zero attached hydrogens (tertiary/aromatic N) is 2. The van der Waals surface area contributed by atoms with Gasteiger partial charge in [0.1, 0.15) is 0 Å². The molecule has 1 aromatic carbocycles. The zero-order chi connectivity index (χ0) is 15.5. The van der Waals surface area contributed by atoms with E-state index in [0.29, 0.717) is 22.5 Å². The van der Waals surface area contributed by atoms with E-state index in [-0.39, 0.29) is 0 Å². The van der Waals surface area contributed by atoms with Gasteiger partial charge in [-0.1, -0.05) is 24.3 Å². The van der Waals surface area contributed by atoms with E-state index in [4.69, 9.17) is 12.3 Å². The number of primary amides is 1. The summed E-state index contributed by atoms with van der Waals surface area (Å²) in [6.07, 6.45) is 3.35. The maximum atomic E-state index is 11.8. The molecular formula is C17H12N4O. The minimum Gasteiger partial charge on any atom is -0.366 e. The first kappa shape index (κ1) is 13.6. The Morgan fingerprint density at radius 2 is 1.91 bits per heavy atom. The third kappa shape index (κ3) is 2.34. The lowest BCUT2D eigenvalue weighted by Gasteiger charge is -2.04. The van der Waals surface area contributed by atoms with Crippen LogP contribution in [0.5, 0.6) is 0 Å². The summed E-state index contributed by atoms with van der Waals surface area (Å²) in [4.78, 5) is 22.4. The molecule has 0 unspecified atom stereocenters. The number of aromatic amines is 1. The van der Waals surface area contributed by atoms with E-state index in [1.165, 1.54) is 0 Å². The van der Waals surface area contributed by atoms with Crippen molar-refractivity contribution in [2.75, 3.05) is 0 Å². The third-order valence-corrected chi connectivity index (χ3v) is 3.37. The highest BCUT2D eigenvalue weighted by Crippen LogP contribution is 2.34. The topological polar surface area (TPSA) is 76.1 Å². The second kappa shape index (κ2) is 5.54. The van der Waals surface area contributed by atoms with Crippen molar-refractivity contribution < 1.29 is 4.79 Å². The predicted octanol–water partition coefficient (Wildman–Crippen LogP) is 3.39. The summed E-state index contributed by atoms with van der Waals surface area (Å²) < 4.78 is 0. The number of benzene rings is 1. The van der Waals surface area contributed by atoms with E-state index in [9.17, 15) is 4.79 Å². The first-order valence-electron chi connectivity index (χ1n) is 6.61. The summed E-state index contributed by atoms with van der Waals surface area (Å²) in [6, 6.07) is 12.5. The zero-order valence-electron chi connectivity index (χ0n) is 11.6. The number of carbonyl (C=O) groups is 1. The average Bonchev–Trinajstić information content (AvgIpc) is 3.01. The molecule has 2 heterocycles. The summed E-state index contributed by atoms with van der Waals surface area (Å²) in [6.45, 7) is 7.27. The van der Waals surface area contributed by atoms with Gasteiger partial charge in [0.2, 0.25) is 0 Å². The first-order chi connectivity index (χ1) is 10.7. The van der Waals surface area contributed by atoms with E-state index >= 15 is 0 Å². The molecule has 0 aliphatic rings. The summed E-state index contributed by atoms with van der Waals surface area (Å²) in [5.74, 6) is -0.536. The number of pyridine rings is 1. The van der Waals surface area contributed by atoms with Gasteiger partial charge in [-0.15, -0.1) is 0 Å². The number of para-hydroxylation sites is 1. The Labute approximate surface area is 127 Å². The molecule has 3 N–H and O–H groups in total. The Balaban J connectivity index is 2.22. The number of nitrogens with two attached hydrogens (primary N) is 1. The maximum Gasteiger partial charge on any atom is 0.250 e. The predicted molar refractivity (Wildman–Crippen MR) is 84.2 cm³/mol. The maximum absolute atomic E-state index is 11.8. The van der Waals surface area contributed by atoms with Gasteiger partial charge in [0.05, 0.1) is 12.1 Å². The van der Waals surface area contributed by atoms with Crippen molar-refractivity contribution >= 4 is 11.6 Å². The fourth-order valence-electron chi connectivity index (χ4n) is 2.33. The molecule has 0 atom stereocenters. The summed E-state index contributed by atoms with van der Waals surface area (Å²) >= 11 is 0. The van der Waals surface area contributed by atoms with Gasteiger partial charge in [0.25, 0.3) is 5.91 Å². The third-order valence-electron chi connectivity index (χ3n) is 3.37.